The molecule has 0 fully saturated rings. The predicted molar refractivity (Wildman–Crippen MR) is 144 cm³/mol. The molecule has 0 aromatic heterocycles. The molecule has 0 heterocycles. The van der Waals surface area contributed by atoms with Gasteiger partial charge in [0.15, 0.2) is 0 Å². The Kier molecular flexibility index (Phi) is 10.5. The van der Waals surface area contributed by atoms with E-state index in [1.807, 2.05) is 42.5 Å². The predicted octanol–water partition coefficient (Wildman–Crippen LogP) is 6.75. The van der Waals surface area contributed by atoms with Crippen LogP contribution in [0.3, 0.4) is 0 Å². The third kappa shape index (κ3) is 8.28. The third-order valence-electron chi connectivity index (χ3n) is 5.71. The number of carbonyl (C=O) groups is 2. The maximum atomic E-state index is 13.7. The minimum atomic E-state index is -0.680. The van der Waals surface area contributed by atoms with E-state index in [1.54, 1.807) is 35.2 Å². The number of hydrogen-bond donors (Lipinski definition) is 1. The van der Waals surface area contributed by atoms with Gasteiger partial charge in [0.1, 0.15) is 6.04 Å². The van der Waals surface area contributed by atoms with Gasteiger partial charge >= 0.3 is 0 Å². The van der Waals surface area contributed by atoms with Gasteiger partial charge in [0, 0.05) is 24.5 Å². The molecule has 3 aromatic rings. The zero-order valence-electron chi connectivity index (χ0n) is 19.6. The van der Waals surface area contributed by atoms with E-state index in [0.29, 0.717) is 28.0 Å². The zero-order valence-corrected chi connectivity index (χ0v) is 21.9. The van der Waals surface area contributed by atoms with Crippen LogP contribution >= 0.6 is 34.8 Å². The standard InChI is InChI=1S/C28H29Cl3N2O2/c1-2-3-15-32-28(35)26(17-20-7-5-4-6-8-20)33(19-21-9-12-23(29)13-10-21)27(34)18-22-11-14-24(30)25(31)16-22/h4-14,16,26H,2-3,15,17-19H2,1H3,(H,32,35)/t26-/m1/s1. The van der Waals surface area contributed by atoms with Crippen molar-refractivity contribution < 1.29 is 9.59 Å². The summed E-state index contributed by atoms with van der Waals surface area (Å²) in [6.07, 6.45) is 2.34. The first-order valence-corrected chi connectivity index (χ1v) is 12.8. The van der Waals surface area contributed by atoms with Gasteiger partial charge in [-0.2, -0.15) is 0 Å². The van der Waals surface area contributed by atoms with Crippen LogP contribution in [-0.2, 0) is 29.0 Å². The molecule has 2 amide bonds. The van der Waals surface area contributed by atoms with Crippen molar-refractivity contribution in [3.63, 3.8) is 0 Å². The summed E-state index contributed by atoms with van der Waals surface area (Å²) in [7, 11) is 0. The smallest absolute Gasteiger partial charge is 0.243 e. The van der Waals surface area contributed by atoms with Crippen molar-refractivity contribution in [2.24, 2.45) is 0 Å². The molecular weight excluding hydrogens is 503 g/mol. The number of amides is 2. The highest BCUT2D eigenvalue weighted by Crippen LogP contribution is 2.24. The third-order valence-corrected chi connectivity index (χ3v) is 6.70. The van der Waals surface area contributed by atoms with Crippen LogP contribution in [0.1, 0.15) is 36.5 Å². The van der Waals surface area contributed by atoms with Crippen LogP contribution in [0.4, 0.5) is 0 Å². The Balaban J connectivity index is 1.94. The van der Waals surface area contributed by atoms with Crippen LogP contribution in [0.2, 0.25) is 15.1 Å². The molecule has 3 rings (SSSR count). The number of benzene rings is 3. The van der Waals surface area contributed by atoms with Gasteiger partial charge in [-0.05, 0) is 47.4 Å². The van der Waals surface area contributed by atoms with Crippen LogP contribution < -0.4 is 5.32 Å². The van der Waals surface area contributed by atoms with Crippen LogP contribution in [-0.4, -0.2) is 29.3 Å². The fourth-order valence-electron chi connectivity index (χ4n) is 3.77. The van der Waals surface area contributed by atoms with Crippen molar-refractivity contribution in [2.75, 3.05) is 6.54 Å². The average Bonchev–Trinajstić information content (AvgIpc) is 2.85. The molecule has 0 bridgehead atoms. The molecule has 4 nitrogen and oxygen atoms in total. The minimum Gasteiger partial charge on any atom is -0.354 e. The maximum absolute atomic E-state index is 13.7. The molecule has 184 valence electrons. The molecule has 3 aromatic carbocycles. The highest BCUT2D eigenvalue weighted by molar-refractivity contribution is 6.42. The topological polar surface area (TPSA) is 49.4 Å². The number of carbonyl (C=O) groups excluding carboxylic acids is 2. The van der Waals surface area contributed by atoms with E-state index >= 15 is 0 Å². The van der Waals surface area contributed by atoms with Gasteiger partial charge < -0.3 is 10.2 Å². The van der Waals surface area contributed by atoms with Crippen LogP contribution in [0.5, 0.6) is 0 Å². The number of hydrogen-bond acceptors (Lipinski definition) is 2. The van der Waals surface area contributed by atoms with Crippen molar-refractivity contribution in [2.45, 2.75) is 45.2 Å². The minimum absolute atomic E-state index is 0.0952. The van der Waals surface area contributed by atoms with Gasteiger partial charge in [-0.3, -0.25) is 9.59 Å². The number of halogens is 3. The van der Waals surface area contributed by atoms with E-state index in [2.05, 4.69) is 12.2 Å². The lowest BCUT2D eigenvalue weighted by atomic mass is 10.0. The Morgan fingerprint density at radius 3 is 2.20 bits per heavy atom. The van der Waals surface area contributed by atoms with E-state index in [1.165, 1.54) is 0 Å². The molecule has 0 aliphatic rings. The number of nitrogens with one attached hydrogen (secondary N) is 1. The molecule has 7 heteroatoms. The van der Waals surface area contributed by atoms with Crippen LogP contribution in [0.25, 0.3) is 0 Å². The fourth-order valence-corrected chi connectivity index (χ4v) is 4.22. The second-order valence-corrected chi connectivity index (χ2v) is 9.67. The monoisotopic (exact) mass is 530 g/mol. The Labute approximate surface area is 222 Å². The molecule has 35 heavy (non-hydrogen) atoms. The average molecular weight is 532 g/mol. The van der Waals surface area contributed by atoms with Crippen LogP contribution in [0, 0.1) is 0 Å². The highest BCUT2D eigenvalue weighted by atomic mass is 35.5. The summed E-state index contributed by atoms with van der Waals surface area (Å²) in [4.78, 5) is 28.7. The molecular formula is C28H29Cl3N2O2. The lowest BCUT2D eigenvalue weighted by Gasteiger charge is -2.32. The Morgan fingerprint density at radius 1 is 0.857 bits per heavy atom. The van der Waals surface area contributed by atoms with Crippen molar-refractivity contribution in [3.8, 4) is 0 Å². The summed E-state index contributed by atoms with van der Waals surface area (Å²) < 4.78 is 0. The molecule has 0 spiro atoms. The van der Waals surface area contributed by atoms with Gasteiger partial charge in [0.2, 0.25) is 11.8 Å². The molecule has 1 atom stereocenters. The summed E-state index contributed by atoms with van der Waals surface area (Å²) >= 11 is 18.3. The number of unbranched alkanes of at least 4 members (excludes halogenated alkanes) is 1. The van der Waals surface area contributed by atoms with Gasteiger partial charge in [0.25, 0.3) is 0 Å². The quantitative estimate of drug-likeness (QED) is 0.278. The summed E-state index contributed by atoms with van der Waals surface area (Å²) in [6, 6.07) is 21.5. The zero-order chi connectivity index (χ0) is 25.2. The summed E-state index contributed by atoms with van der Waals surface area (Å²) in [6.45, 7) is 2.91. The fraction of sp³-hybridized carbons (Fsp3) is 0.286. The second kappa shape index (κ2) is 13.5. The van der Waals surface area contributed by atoms with Crippen LogP contribution in [0.15, 0.2) is 72.8 Å². The molecule has 0 aliphatic heterocycles. The molecule has 0 saturated carbocycles. The van der Waals surface area contributed by atoms with Crippen molar-refractivity contribution in [1.29, 1.82) is 0 Å². The first-order chi connectivity index (χ1) is 16.9. The lowest BCUT2D eigenvalue weighted by Crippen LogP contribution is -2.51. The molecule has 0 saturated heterocycles. The van der Waals surface area contributed by atoms with Gasteiger partial charge in [-0.1, -0.05) is 96.7 Å². The summed E-state index contributed by atoms with van der Waals surface area (Å²) in [5.74, 6) is -0.344. The Bertz CT molecular complexity index is 1120. The van der Waals surface area contributed by atoms with Crippen molar-refractivity contribution in [1.82, 2.24) is 10.2 Å². The molecule has 0 radical (unpaired) electrons. The molecule has 0 aliphatic carbocycles. The number of rotatable bonds is 11. The van der Waals surface area contributed by atoms with E-state index in [4.69, 9.17) is 34.8 Å². The lowest BCUT2D eigenvalue weighted by molar-refractivity contribution is -0.140. The Hall–Kier alpha value is -2.53. The molecule has 0 unspecified atom stereocenters. The van der Waals surface area contributed by atoms with E-state index in [9.17, 15) is 9.59 Å². The van der Waals surface area contributed by atoms with Gasteiger partial charge in [-0.15, -0.1) is 0 Å². The second-order valence-electron chi connectivity index (χ2n) is 8.42. The van der Waals surface area contributed by atoms with E-state index < -0.39 is 6.04 Å². The first-order valence-electron chi connectivity index (χ1n) is 11.7. The molecule has 1 N–H and O–H groups in total. The van der Waals surface area contributed by atoms with Gasteiger partial charge in [-0.25, -0.2) is 0 Å². The number of nitrogens with zero attached hydrogens (tertiary/aromatic N) is 1. The van der Waals surface area contributed by atoms with Crippen molar-refractivity contribution in [3.05, 3.63) is 105 Å². The Morgan fingerprint density at radius 2 is 1.54 bits per heavy atom. The largest absolute Gasteiger partial charge is 0.354 e. The van der Waals surface area contributed by atoms with Gasteiger partial charge in [0.05, 0.1) is 16.5 Å². The highest BCUT2D eigenvalue weighted by Gasteiger charge is 2.30. The summed E-state index contributed by atoms with van der Waals surface area (Å²) in [5, 5.41) is 4.45. The maximum Gasteiger partial charge on any atom is 0.243 e. The summed E-state index contributed by atoms with van der Waals surface area (Å²) in [5.41, 5.74) is 2.60. The van der Waals surface area contributed by atoms with E-state index in [-0.39, 0.29) is 24.8 Å². The normalized spacial score (nSPS) is 11.7. The van der Waals surface area contributed by atoms with Crippen molar-refractivity contribution >= 4 is 46.6 Å². The van der Waals surface area contributed by atoms with E-state index in [0.717, 1.165) is 29.5 Å². The first kappa shape index (κ1) is 27.1. The SMILES string of the molecule is CCCCNC(=O)[C@@H](Cc1ccccc1)N(Cc1ccc(Cl)cc1)C(=O)Cc1ccc(Cl)c(Cl)c1.